The molecule has 0 unspecified atom stereocenters. The van der Waals surface area contributed by atoms with Gasteiger partial charge in [0.2, 0.25) is 10.0 Å². The van der Waals surface area contributed by atoms with Gasteiger partial charge in [-0.3, -0.25) is 0 Å². The van der Waals surface area contributed by atoms with E-state index in [1.807, 2.05) is 6.07 Å². The lowest BCUT2D eigenvalue weighted by Crippen LogP contribution is -2.27. The molecule has 2 rings (SSSR count). The van der Waals surface area contributed by atoms with Gasteiger partial charge >= 0.3 is 0 Å². The van der Waals surface area contributed by atoms with E-state index in [9.17, 15) is 8.42 Å². The molecule has 0 bridgehead atoms. The highest BCUT2D eigenvalue weighted by Crippen LogP contribution is 2.21. The van der Waals surface area contributed by atoms with E-state index in [0.29, 0.717) is 22.9 Å². The topological polar surface area (TPSA) is 66.4 Å². The van der Waals surface area contributed by atoms with Crippen LogP contribution in [0.25, 0.3) is 0 Å². The number of aliphatic hydroxyl groups is 1. The monoisotopic (exact) mass is 345 g/mol. The van der Waals surface area contributed by atoms with Crippen LogP contribution in [0.3, 0.4) is 0 Å². The molecule has 1 aromatic heterocycles. The molecule has 0 spiro atoms. The number of halogens is 1. The summed E-state index contributed by atoms with van der Waals surface area (Å²) in [4.78, 5) is 1.05. The molecule has 0 saturated heterocycles. The van der Waals surface area contributed by atoms with Crippen molar-refractivity contribution in [3.8, 4) is 0 Å². The van der Waals surface area contributed by atoms with Crippen LogP contribution >= 0.6 is 22.9 Å². The van der Waals surface area contributed by atoms with Crippen LogP contribution in [-0.4, -0.2) is 20.1 Å². The molecule has 1 aromatic carbocycles. The van der Waals surface area contributed by atoms with Gasteiger partial charge in [-0.25, -0.2) is 13.1 Å². The van der Waals surface area contributed by atoms with Crippen molar-refractivity contribution in [2.24, 2.45) is 0 Å². The number of benzene rings is 1. The first-order valence-electron chi connectivity index (χ1n) is 6.39. The van der Waals surface area contributed by atoms with E-state index in [1.165, 1.54) is 11.3 Å². The van der Waals surface area contributed by atoms with Gasteiger partial charge < -0.3 is 5.11 Å². The molecular formula is C14H16ClNO3S2. The fourth-order valence-corrected chi connectivity index (χ4v) is 4.06. The Hall–Kier alpha value is -0.920. The van der Waals surface area contributed by atoms with Crippen LogP contribution in [0.2, 0.25) is 4.34 Å². The number of aliphatic hydroxyl groups excluding tert-OH is 1. The van der Waals surface area contributed by atoms with Crippen molar-refractivity contribution in [1.29, 1.82) is 0 Å². The summed E-state index contributed by atoms with van der Waals surface area (Å²) in [6.45, 7) is 0.308. The highest BCUT2D eigenvalue weighted by molar-refractivity contribution is 7.88. The highest BCUT2D eigenvalue weighted by Gasteiger charge is 2.11. The first-order valence-corrected chi connectivity index (χ1v) is 9.23. The van der Waals surface area contributed by atoms with Gasteiger partial charge in [-0.1, -0.05) is 35.9 Å². The second-order valence-corrected chi connectivity index (χ2v) is 8.19. The Bertz CT molecular complexity index is 680. The third-order valence-corrected chi connectivity index (χ3v) is 5.53. The third-order valence-electron chi connectivity index (χ3n) is 2.88. The van der Waals surface area contributed by atoms with E-state index in [-0.39, 0.29) is 12.4 Å². The zero-order valence-corrected chi connectivity index (χ0v) is 13.6. The Morgan fingerprint density at radius 3 is 2.33 bits per heavy atom. The van der Waals surface area contributed by atoms with E-state index in [4.69, 9.17) is 16.7 Å². The summed E-state index contributed by atoms with van der Waals surface area (Å²) in [7, 11) is -3.36. The van der Waals surface area contributed by atoms with Gasteiger partial charge in [0.1, 0.15) is 0 Å². The second-order valence-electron chi connectivity index (χ2n) is 4.58. The maximum absolute atomic E-state index is 12.0. The van der Waals surface area contributed by atoms with Crippen LogP contribution in [0, 0.1) is 0 Å². The molecule has 0 fully saturated rings. The minimum absolute atomic E-state index is 0.0470. The van der Waals surface area contributed by atoms with Gasteiger partial charge in [-0.15, -0.1) is 11.3 Å². The molecule has 2 N–H and O–H groups in total. The van der Waals surface area contributed by atoms with Gasteiger partial charge in [0.25, 0.3) is 0 Å². The molecule has 0 aliphatic rings. The fraction of sp³-hybridized carbons (Fsp3) is 0.286. The lowest BCUT2D eigenvalue weighted by molar-refractivity contribution is 0.282. The number of hydrogen-bond acceptors (Lipinski definition) is 4. The predicted molar refractivity (Wildman–Crippen MR) is 86.0 cm³/mol. The maximum Gasteiger partial charge on any atom is 0.215 e. The highest BCUT2D eigenvalue weighted by atomic mass is 35.5. The van der Waals surface area contributed by atoms with Crippen LogP contribution < -0.4 is 4.72 Å². The SMILES string of the molecule is O=S(=O)(Cc1ccc(CO)cc1)NCCc1ccc(Cl)s1. The fourth-order valence-electron chi connectivity index (χ4n) is 1.83. The molecule has 0 aliphatic heterocycles. The van der Waals surface area contributed by atoms with E-state index < -0.39 is 10.0 Å². The molecular weight excluding hydrogens is 330 g/mol. The standard InChI is InChI=1S/C14H16ClNO3S2/c15-14-6-5-13(20-14)7-8-16-21(18,19)10-12-3-1-11(9-17)2-4-12/h1-6,16-17H,7-10H2. The van der Waals surface area contributed by atoms with Crippen molar-refractivity contribution in [2.75, 3.05) is 6.54 Å². The summed E-state index contributed by atoms with van der Waals surface area (Å²) in [6.07, 6.45) is 0.625. The van der Waals surface area contributed by atoms with Crippen LogP contribution in [0.15, 0.2) is 36.4 Å². The number of nitrogens with one attached hydrogen (secondary N) is 1. The van der Waals surface area contributed by atoms with Crippen molar-refractivity contribution < 1.29 is 13.5 Å². The summed E-state index contributed by atoms with van der Waals surface area (Å²) in [5.74, 6) is -0.0656. The molecule has 2 aromatic rings. The largest absolute Gasteiger partial charge is 0.392 e. The summed E-state index contributed by atoms with van der Waals surface area (Å²) < 4.78 is 27.2. The zero-order chi connectivity index (χ0) is 15.3. The van der Waals surface area contributed by atoms with Crippen molar-refractivity contribution >= 4 is 33.0 Å². The number of thiophene rings is 1. The Morgan fingerprint density at radius 2 is 1.76 bits per heavy atom. The van der Waals surface area contributed by atoms with Gasteiger partial charge in [-0.05, 0) is 29.7 Å². The van der Waals surface area contributed by atoms with E-state index in [2.05, 4.69) is 4.72 Å². The average molecular weight is 346 g/mol. The maximum atomic E-state index is 12.0. The van der Waals surface area contributed by atoms with Gasteiger partial charge in [0, 0.05) is 11.4 Å². The zero-order valence-electron chi connectivity index (χ0n) is 11.3. The molecule has 4 nitrogen and oxygen atoms in total. The van der Waals surface area contributed by atoms with Gasteiger partial charge in [0.05, 0.1) is 16.7 Å². The van der Waals surface area contributed by atoms with Crippen LogP contribution in [-0.2, 0) is 28.8 Å². The minimum Gasteiger partial charge on any atom is -0.392 e. The molecule has 0 aliphatic carbocycles. The molecule has 0 saturated carbocycles. The van der Waals surface area contributed by atoms with Gasteiger partial charge in [-0.2, -0.15) is 0 Å². The van der Waals surface area contributed by atoms with E-state index in [0.717, 1.165) is 10.4 Å². The third kappa shape index (κ3) is 5.41. The smallest absolute Gasteiger partial charge is 0.215 e. The summed E-state index contributed by atoms with van der Waals surface area (Å²) in [5, 5.41) is 8.95. The van der Waals surface area contributed by atoms with Crippen molar-refractivity contribution in [3.05, 3.63) is 56.7 Å². The lowest BCUT2D eigenvalue weighted by atomic mass is 10.2. The van der Waals surface area contributed by atoms with Crippen LogP contribution in [0.5, 0.6) is 0 Å². The molecule has 0 atom stereocenters. The number of sulfonamides is 1. The first-order chi connectivity index (χ1) is 9.98. The second kappa shape index (κ2) is 7.38. The van der Waals surface area contributed by atoms with Crippen molar-refractivity contribution in [2.45, 2.75) is 18.8 Å². The Kier molecular flexibility index (Phi) is 5.78. The molecule has 0 radical (unpaired) electrons. The Balaban J connectivity index is 1.86. The molecule has 7 heteroatoms. The number of hydrogen-bond donors (Lipinski definition) is 2. The van der Waals surface area contributed by atoms with E-state index in [1.54, 1.807) is 30.3 Å². The Morgan fingerprint density at radius 1 is 1.10 bits per heavy atom. The van der Waals surface area contributed by atoms with Crippen LogP contribution in [0.1, 0.15) is 16.0 Å². The predicted octanol–water partition coefficient (Wildman–Crippen LogP) is 2.56. The summed E-state index contributed by atoms with van der Waals surface area (Å²) in [6, 6.07) is 10.6. The minimum atomic E-state index is -3.36. The van der Waals surface area contributed by atoms with E-state index >= 15 is 0 Å². The molecule has 0 amide bonds. The summed E-state index contributed by atoms with van der Waals surface area (Å²) in [5.41, 5.74) is 1.46. The quantitative estimate of drug-likeness (QED) is 0.810. The lowest BCUT2D eigenvalue weighted by Gasteiger charge is -2.06. The normalized spacial score (nSPS) is 11.7. The van der Waals surface area contributed by atoms with Crippen LogP contribution in [0.4, 0.5) is 0 Å². The number of rotatable bonds is 7. The molecule has 1 heterocycles. The molecule has 114 valence electrons. The van der Waals surface area contributed by atoms with Crippen molar-refractivity contribution in [1.82, 2.24) is 4.72 Å². The Labute approximate surface area is 133 Å². The van der Waals surface area contributed by atoms with Gasteiger partial charge in [0.15, 0.2) is 0 Å². The molecule has 21 heavy (non-hydrogen) atoms. The van der Waals surface area contributed by atoms with Crippen molar-refractivity contribution in [3.63, 3.8) is 0 Å². The summed E-state index contributed by atoms with van der Waals surface area (Å²) >= 11 is 7.28. The first kappa shape index (κ1) is 16.5. The average Bonchev–Trinajstić information content (AvgIpc) is 2.84.